The number of hydrogen-bond donors (Lipinski definition) is 3. The van der Waals surface area contributed by atoms with Gasteiger partial charge in [0.1, 0.15) is 0 Å². The number of quaternary nitrogens is 1. The van der Waals surface area contributed by atoms with E-state index in [1.54, 1.807) is 0 Å². The van der Waals surface area contributed by atoms with E-state index in [1.807, 2.05) is 0 Å². The minimum absolute atomic E-state index is 1.36. The molecular formula is C26H59NO4P+. The molecule has 0 saturated heterocycles. The molecule has 196 valence electrons. The van der Waals surface area contributed by atoms with E-state index in [0.717, 1.165) is 0 Å². The van der Waals surface area contributed by atoms with Crippen LogP contribution < -0.4 is 0 Å². The first-order chi connectivity index (χ1) is 15.2. The first kappa shape index (κ1) is 34.2. The van der Waals surface area contributed by atoms with E-state index >= 15 is 0 Å². The van der Waals surface area contributed by atoms with Crippen LogP contribution >= 0.6 is 7.82 Å². The molecule has 0 aliphatic carbocycles. The van der Waals surface area contributed by atoms with E-state index in [0.29, 0.717) is 0 Å². The zero-order chi connectivity index (χ0) is 24.6. The molecule has 0 unspecified atom stereocenters. The lowest BCUT2D eigenvalue weighted by atomic mass is 10.1. The van der Waals surface area contributed by atoms with Crippen LogP contribution in [0.25, 0.3) is 0 Å². The summed E-state index contributed by atoms with van der Waals surface area (Å²) in [5.74, 6) is 0. The molecule has 0 aliphatic heterocycles. The molecule has 3 N–H and O–H groups in total. The van der Waals surface area contributed by atoms with Crippen LogP contribution in [0, 0.1) is 0 Å². The average molecular weight is 481 g/mol. The number of hydrogen-bond acceptors (Lipinski definition) is 1. The van der Waals surface area contributed by atoms with Crippen molar-refractivity contribution < 1.29 is 23.7 Å². The first-order valence-electron chi connectivity index (χ1n) is 13.9. The van der Waals surface area contributed by atoms with Crippen molar-refractivity contribution in [2.75, 3.05) is 26.2 Å². The molecule has 0 atom stereocenters. The van der Waals surface area contributed by atoms with Gasteiger partial charge in [-0.3, -0.25) is 0 Å². The van der Waals surface area contributed by atoms with Crippen molar-refractivity contribution in [2.45, 2.75) is 143 Å². The largest absolute Gasteiger partial charge is 0.466 e. The minimum Gasteiger partial charge on any atom is -0.324 e. The van der Waals surface area contributed by atoms with Gasteiger partial charge in [-0.25, -0.2) is 4.57 Å². The second-order valence-corrected chi connectivity index (χ2v) is 10.7. The summed E-state index contributed by atoms with van der Waals surface area (Å²) in [5.41, 5.74) is 0. The summed E-state index contributed by atoms with van der Waals surface area (Å²) in [6.45, 7) is 15.1. The molecule has 0 fully saturated rings. The monoisotopic (exact) mass is 480 g/mol. The van der Waals surface area contributed by atoms with E-state index < -0.39 is 7.82 Å². The highest BCUT2D eigenvalue weighted by Gasteiger charge is 2.23. The number of phosphoric acid groups is 1. The van der Waals surface area contributed by atoms with Crippen LogP contribution in [0.4, 0.5) is 0 Å². The molecule has 0 bridgehead atoms. The van der Waals surface area contributed by atoms with Gasteiger partial charge in [-0.1, -0.05) is 97.8 Å². The van der Waals surface area contributed by atoms with Crippen molar-refractivity contribution in [3.05, 3.63) is 0 Å². The highest BCUT2D eigenvalue weighted by molar-refractivity contribution is 7.45. The summed E-state index contributed by atoms with van der Waals surface area (Å²) in [5, 5.41) is 0. The van der Waals surface area contributed by atoms with Crippen LogP contribution in [-0.2, 0) is 4.57 Å². The second-order valence-electron chi connectivity index (χ2n) is 9.65. The van der Waals surface area contributed by atoms with E-state index in [-0.39, 0.29) is 0 Å². The summed E-state index contributed by atoms with van der Waals surface area (Å²) >= 11 is 0. The predicted octanol–water partition coefficient (Wildman–Crippen LogP) is 7.98. The smallest absolute Gasteiger partial charge is 0.324 e. The van der Waals surface area contributed by atoms with Gasteiger partial charge in [-0.2, -0.15) is 0 Å². The van der Waals surface area contributed by atoms with Crippen molar-refractivity contribution in [3.8, 4) is 0 Å². The topological polar surface area (TPSA) is 77.8 Å². The van der Waals surface area contributed by atoms with Crippen LogP contribution in [0.5, 0.6) is 0 Å². The van der Waals surface area contributed by atoms with Gasteiger partial charge in [0.25, 0.3) is 0 Å². The molecule has 32 heavy (non-hydrogen) atoms. The molecular weight excluding hydrogens is 421 g/mol. The van der Waals surface area contributed by atoms with Gasteiger partial charge in [-0.05, 0) is 45.4 Å². The van der Waals surface area contributed by atoms with Crippen LogP contribution in [0.2, 0.25) is 0 Å². The van der Waals surface area contributed by atoms with E-state index in [9.17, 15) is 0 Å². The fraction of sp³-hybridized carbons (Fsp3) is 1.00. The van der Waals surface area contributed by atoms with Crippen LogP contribution in [0.1, 0.15) is 143 Å². The van der Waals surface area contributed by atoms with Crippen LogP contribution in [-0.4, -0.2) is 45.3 Å². The Balaban J connectivity index is 0. The fourth-order valence-corrected chi connectivity index (χ4v) is 4.49. The third-order valence-electron chi connectivity index (χ3n) is 6.63. The van der Waals surface area contributed by atoms with E-state index in [4.69, 9.17) is 19.2 Å². The van der Waals surface area contributed by atoms with E-state index in [2.05, 4.69) is 27.7 Å². The Hall–Kier alpha value is 0.0700. The maximum atomic E-state index is 8.88. The maximum Gasteiger partial charge on any atom is 0.466 e. The van der Waals surface area contributed by atoms with Crippen molar-refractivity contribution >= 4 is 7.82 Å². The fourth-order valence-electron chi connectivity index (χ4n) is 4.49. The van der Waals surface area contributed by atoms with Gasteiger partial charge >= 0.3 is 7.82 Å². The molecule has 0 heterocycles. The zero-order valence-corrected chi connectivity index (χ0v) is 23.1. The Morgan fingerprint density at radius 2 is 0.688 bits per heavy atom. The summed E-state index contributed by atoms with van der Waals surface area (Å²) < 4.78 is 10.3. The molecule has 0 spiro atoms. The van der Waals surface area contributed by atoms with Crippen molar-refractivity contribution in [3.63, 3.8) is 0 Å². The summed E-state index contributed by atoms with van der Waals surface area (Å²) in [6, 6.07) is 0. The summed E-state index contributed by atoms with van der Waals surface area (Å²) in [4.78, 5) is 21.6. The normalized spacial score (nSPS) is 12.0. The molecule has 6 heteroatoms. The second kappa shape index (κ2) is 24.2. The van der Waals surface area contributed by atoms with Gasteiger partial charge in [0.15, 0.2) is 0 Å². The molecule has 5 nitrogen and oxygen atoms in total. The van der Waals surface area contributed by atoms with Crippen molar-refractivity contribution in [2.24, 2.45) is 0 Å². The average Bonchev–Trinajstić information content (AvgIpc) is 2.74. The Morgan fingerprint density at radius 3 is 0.906 bits per heavy atom. The molecule has 0 aromatic carbocycles. The Kier molecular flexibility index (Phi) is 25.9. The highest BCUT2D eigenvalue weighted by Crippen LogP contribution is 2.25. The lowest BCUT2D eigenvalue weighted by Crippen LogP contribution is -2.50. The Morgan fingerprint density at radius 1 is 0.469 bits per heavy atom. The van der Waals surface area contributed by atoms with Gasteiger partial charge in [0.05, 0.1) is 26.2 Å². The number of unbranched alkanes of at least 4 members (excludes halogenated alkanes) is 15. The molecule has 0 saturated carbocycles. The van der Waals surface area contributed by atoms with Crippen molar-refractivity contribution in [1.29, 1.82) is 0 Å². The standard InChI is InChI=1S/C26H56N.H3O4P/c1-5-9-12-15-18-21-24-27(8-4,25-22-19-16-13-10-6-2)26-23-20-17-14-11-7-3;1-5(2,3)4/h5-26H2,1-4H3;(H3,1,2,3,4)/q+1;. The van der Waals surface area contributed by atoms with Gasteiger partial charge in [0, 0.05) is 0 Å². The van der Waals surface area contributed by atoms with E-state index in [1.165, 1.54) is 146 Å². The summed E-state index contributed by atoms with van der Waals surface area (Å²) in [7, 11) is -4.64. The molecule has 0 radical (unpaired) electrons. The Labute approximate surface area is 201 Å². The van der Waals surface area contributed by atoms with Gasteiger partial charge < -0.3 is 19.2 Å². The molecule has 0 aromatic heterocycles. The minimum atomic E-state index is -4.64. The van der Waals surface area contributed by atoms with Crippen LogP contribution in [0.15, 0.2) is 0 Å². The number of nitrogens with zero attached hydrogens (tertiary/aromatic N) is 1. The predicted molar refractivity (Wildman–Crippen MR) is 140 cm³/mol. The lowest BCUT2D eigenvalue weighted by molar-refractivity contribution is -0.927. The highest BCUT2D eigenvalue weighted by atomic mass is 31.2. The van der Waals surface area contributed by atoms with Gasteiger partial charge in [0.2, 0.25) is 0 Å². The zero-order valence-electron chi connectivity index (χ0n) is 22.2. The first-order valence-corrected chi connectivity index (χ1v) is 15.4. The third-order valence-corrected chi connectivity index (χ3v) is 6.63. The maximum absolute atomic E-state index is 8.88. The van der Waals surface area contributed by atoms with Crippen LogP contribution in [0.3, 0.4) is 0 Å². The van der Waals surface area contributed by atoms with Crippen molar-refractivity contribution in [1.82, 2.24) is 0 Å². The molecule has 0 aliphatic rings. The molecule has 0 rings (SSSR count). The third kappa shape index (κ3) is 28.1. The molecule has 0 aromatic rings. The molecule has 0 amide bonds. The Bertz CT molecular complexity index is 366. The number of rotatable bonds is 22. The van der Waals surface area contributed by atoms with Gasteiger partial charge in [-0.15, -0.1) is 0 Å². The quantitative estimate of drug-likeness (QED) is 0.0834. The SMILES string of the molecule is CCCCCCCC[N+](CC)(CCCCCCCC)CCCCCCCC.O=P(O)(O)O. The summed E-state index contributed by atoms with van der Waals surface area (Å²) in [6.07, 6.45) is 25.9. The lowest BCUT2D eigenvalue weighted by Gasteiger charge is -2.38.